The smallest absolute Gasteiger partial charge is 0.254 e. The minimum atomic E-state index is -0.191. The molecular formula is C18H26Cl2N4O3. The summed E-state index contributed by atoms with van der Waals surface area (Å²) in [5.41, 5.74) is 6.89. The van der Waals surface area contributed by atoms with E-state index >= 15 is 0 Å². The Hall–Kier alpha value is -1.80. The van der Waals surface area contributed by atoms with Gasteiger partial charge in [0.15, 0.2) is 0 Å². The van der Waals surface area contributed by atoms with Crippen LogP contribution >= 0.6 is 24.8 Å². The first kappa shape index (κ1) is 23.2. The molecule has 3 N–H and O–H groups in total. The van der Waals surface area contributed by atoms with Crippen LogP contribution in [0.4, 0.5) is 5.82 Å². The number of aromatic nitrogens is 1. The standard InChI is InChI=1S/C18H24N4O3.2ClH/c1-12-9-22(10-13(2)25-12)17-4-3-14(7-20-17)8-21-18(23)15-5-16(6-19)24-11-15;;/h3-5,7,11-13H,6,8-10,19H2,1-2H3,(H,21,23);2*1H. The van der Waals surface area contributed by atoms with Gasteiger partial charge in [-0.3, -0.25) is 4.79 Å². The number of rotatable bonds is 5. The van der Waals surface area contributed by atoms with Crippen LogP contribution in [-0.2, 0) is 17.8 Å². The topological polar surface area (TPSA) is 93.6 Å². The van der Waals surface area contributed by atoms with E-state index in [2.05, 4.69) is 29.0 Å². The Kier molecular flexibility index (Phi) is 9.05. The molecule has 150 valence electrons. The van der Waals surface area contributed by atoms with Crippen molar-refractivity contribution in [2.45, 2.75) is 39.1 Å². The molecule has 9 heteroatoms. The number of hydrogen-bond acceptors (Lipinski definition) is 6. The number of carbonyl (C=O) groups is 1. The number of carbonyl (C=O) groups excluding carboxylic acids is 1. The molecule has 2 atom stereocenters. The summed E-state index contributed by atoms with van der Waals surface area (Å²) in [6.07, 6.45) is 3.59. The van der Waals surface area contributed by atoms with Crippen LogP contribution in [0.15, 0.2) is 35.1 Å². The summed E-state index contributed by atoms with van der Waals surface area (Å²) in [6.45, 7) is 6.48. The Balaban J connectivity index is 0.00000182. The predicted octanol–water partition coefficient (Wildman–Crippen LogP) is 2.52. The van der Waals surface area contributed by atoms with E-state index in [1.807, 2.05) is 12.1 Å². The molecule has 0 aliphatic carbocycles. The Morgan fingerprint density at radius 2 is 2.00 bits per heavy atom. The molecule has 0 radical (unpaired) electrons. The minimum absolute atomic E-state index is 0. The van der Waals surface area contributed by atoms with Crippen LogP contribution in [0.2, 0.25) is 0 Å². The quantitative estimate of drug-likeness (QED) is 0.777. The molecule has 2 unspecified atom stereocenters. The number of morpholine rings is 1. The second kappa shape index (κ2) is 10.5. The number of pyridine rings is 1. The van der Waals surface area contributed by atoms with Gasteiger partial charge in [0, 0.05) is 25.8 Å². The maximum atomic E-state index is 12.1. The normalized spacial score (nSPS) is 19.0. The molecule has 3 heterocycles. The van der Waals surface area contributed by atoms with Crippen LogP contribution in [0.3, 0.4) is 0 Å². The highest BCUT2D eigenvalue weighted by molar-refractivity contribution is 5.93. The van der Waals surface area contributed by atoms with E-state index < -0.39 is 0 Å². The molecule has 0 bridgehead atoms. The summed E-state index contributed by atoms with van der Waals surface area (Å²) in [4.78, 5) is 18.8. The molecule has 1 fully saturated rings. The van der Waals surface area contributed by atoms with E-state index in [0.29, 0.717) is 17.9 Å². The summed E-state index contributed by atoms with van der Waals surface area (Å²) in [6, 6.07) is 5.61. The first-order valence-electron chi connectivity index (χ1n) is 8.46. The Labute approximate surface area is 171 Å². The second-order valence-electron chi connectivity index (χ2n) is 6.38. The number of nitrogens with one attached hydrogen (secondary N) is 1. The lowest BCUT2D eigenvalue weighted by Crippen LogP contribution is -2.45. The monoisotopic (exact) mass is 416 g/mol. The molecule has 0 aromatic carbocycles. The van der Waals surface area contributed by atoms with Crippen LogP contribution < -0.4 is 16.0 Å². The maximum absolute atomic E-state index is 12.1. The van der Waals surface area contributed by atoms with E-state index in [1.54, 1.807) is 12.3 Å². The van der Waals surface area contributed by atoms with Crippen molar-refractivity contribution < 1.29 is 13.9 Å². The van der Waals surface area contributed by atoms with Crippen molar-refractivity contribution in [1.82, 2.24) is 10.3 Å². The first-order chi connectivity index (χ1) is 12.0. The molecule has 27 heavy (non-hydrogen) atoms. The fourth-order valence-corrected chi connectivity index (χ4v) is 2.96. The molecule has 7 nitrogen and oxygen atoms in total. The van der Waals surface area contributed by atoms with Crippen LogP contribution in [0.5, 0.6) is 0 Å². The fourth-order valence-electron chi connectivity index (χ4n) is 2.96. The van der Waals surface area contributed by atoms with Gasteiger partial charge in [-0.25, -0.2) is 4.98 Å². The van der Waals surface area contributed by atoms with Gasteiger partial charge in [0.25, 0.3) is 5.91 Å². The number of nitrogens with zero attached hydrogens (tertiary/aromatic N) is 2. The summed E-state index contributed by atoms with van der Waals surface area (Å²) in [5, 5.41) is 2.85. The lowest BCUT2D eigenvalue weighted by atomic mass is 10.2. The van der Waals surface area contributed by atoms with Gasteiger partial charge in [0.05, 0.1) is 24.3 Å². The molecule has 3 rings (SSSR count). The third-order valence-corrected chi connectivity index (χ3v) is 4.12. The summed E-state index contributed by atoms with van der Waals surface area (Å²) in [5.74, 6) is 1.33. The minimum Gasteiger partial charge on any atom is -0.467 e. The van der Waals surface area contributed by atoms with Crippen molar-refractivity contribution in [2.24, 2.45) is 5.73 Å². The molecule has 1 amide bonds. The summed E-state index contributed by atoms with van der Waals surface area (Å²) >= 11 is 0. The molecule has 2 aromatic heterocycles. The van der Waals surface area contributed by atoms with Crippen molar-refractivity contribution in [3.8, 4) is 0 Å². The van der Waals surface area contributed by atoms with Gasteiger partial charge in [-0.15, -0.1) is 24.8 Å². The number of furan rings is 1. The van der Waals surface area contributed by atoms with Crippen molar-refractivity contribution in [2.75, 3.05) is 18.0 Å². The number of nitrogens with two attached hydrogens (primary N) is 1. The average molecular weight is 417 g/mol. The molecule has 1 saturated heterocycles. The zero-order chi connectivity index (χ0) is 17.8. The van der Waals surface area contributed by atoms with Crippen molar-refractivity contribution in [3.05, 3.63) is 47.5 Å². The maximum Gasteiger partial charge on any atom is 0.254 e. The lowest BCUT2D eigenvalue weighted by molar-refractivity contribution is -0.00546. The number of amides is 1. The van der Waals surface area contributed by atoms with Gasteiger partial charge in [-0.2, -0.15) is 0 Å². The van der Waals surface area contributed by atoms with Crippen molar-refractivity contribution in [1.29, 1.82) is 0 Å². The number of ether oxygens (including phenoxy) is 1. The van der Waals surface area contributed by atoms with Gasteiger partial charge < -0.3 is 25.1 Å². The first-order valence-corrected chi connectivity index (χ1v) is 8.46. The SMILES string of the molecule is CC1CN(c2ccc(CNC(=O)c3coc(CN)c3)cn2)CC(C)O1.Cl.Cl. The van der Waals surface area contributed by atoms with Gasteiger partial charge in [0.2, 0.25) is 0 Å². The highest BCUT2D eigenvalue weighted by Crippen LogP contribution is 2.18. The van der Waals surface area contributed by atoms with E-state index in [4.69, 9.17) is 14.9 Å². The van der Waals surface area contributed by atoms with Crippen molar-refractivity contribution >= 4 is 36.5 Å². The molecule has 2 aromatic rings. The number of hydrogen-bond donors (Lipinski definition) is 2. The second-order valence-corrected chi connectivity index (χ2v) is 6.38. The van der Waals surface area contributed by atoms with Gasteiger partial charge in [0.1, 0.15) is 17.8 Å². The van der Waals surface area contributed by atoms with Gasteiger partial charge >= 0.3 is 0 Å². The van der Waals surface area contributed by atoms with E-state index in [9.17, 15) is 4.79 Å². The zero-order valence-electron chi connectivity index (χ0n) is 15.4. The summed E-state index contributed by atoms with van der Waals surface area (Å²) in [7, 11) is 0. The highest BCUT2D eigenvalue weighted by Gasteiger charge is 2.23. The molecule has 0 spiro atoms. The number of anilines is 1. The van der Waals surface area contributed by atoms with E-state index in [0.717, 1.165) is 24.5 Å². The van der Waals surface area contributed by atoms with Crippen LogP contribution in [0.25, 0.3) is 0 Å². The predicted molar refractivity (Wildman–Crippen MR) is 109 cm³/mol. The van der Waals surface area contributed by atoms with E-state index in [-0.39, 0.29) is 49.5 Å². The number of halogens is 2. The lowest BCUT2D eigenvalue weighted by Gasteiger charge is -2.36. The van der Waals surface area contributed by atoms with Crippen LogP contribution in [0, 0.1) is 0 Å². The third-order valence-electron chi connectivity index (χ3n) is 4.12. The molecule has 1 aliphatic rings. The largest absolute Gasteiger partial charge is 0.467 e. The third kappa shape index (κ3) is 6.10. The van der Waals surface area contributed by atoms with Gasteiger partial charge in [-0.05, 0) is 31.5 Å². The Bertz CT molecular complexity index is 714. The van der Waals surface area contributed by atoms with Crippen LogP contribution in [0.1, 0.15) is 35.5 Å². The van der Waals surface area contributed by atoms with Gasteiger partial charge in [-0.1, -0.05) is 6.07 Å². The van der Waals surface area contributed by atoms with Crippen LogP contribution in [-0.4, -0.2) is 36.2 Å². The Morgan fingerprint density at radius 3 is 2.56 bits per heavy atom. The average Bonchev–Trinajstić information content (AvgIpc) is 3.08. The van der Waals surface area contributed by atoms with E-state index in [1.165, 1.54) is 6.26 Å². The van der Waals surface area contributed by atoms with Crippen molar-refractivity contribution in [3.63, 3.8) is 0 Å². The molecule has 0 saturated carbocycles. The molecular weight excluding hydrogens is 391 g/mol. The molecule has 1 aliphatic heterocycles. The fraction of sp³-hybridized carbons (Fsp3) is 0.444. The highest BCUT2D eigenvalue weighted by atomic mass is 35.5. The Morgan fingerprint density at radius 1 is 1.30 bits per heavy atom. The summed E-state index contributed by atoms with van der Waals surface area (Å²) < 4.78 is 10.9. The zero-order valence-corrected chi connectivity index (χ0v) is 17.0.